The van der Waals surface area contributed by atoms with E-state index < -0.39 is 5.60 Å². The number of fused-ring (bicyclic) bond motifs is 1. The summed E-state index contributed by atoms with van der Waals surface area (Å²) in [5, 5.41) is 9.85. The van der Waals surface area contributed by atoms with Gasteiger partial charge in [0.25, 0.3) is 0 Å². The molecule has 1 aliphatic rings. The normalized spacial score (nSPS) is 20.4. The van der Waals surface area contributed by atoms with Crippen molar-refractivity contribution < 1.29 is 9.84 Å². The predicted molar refractivity (Wildman–Crippen MR) is 55.5 cm³/mol. The average molecular weight is 192 g/mol. The van der Waals surface area contributed by atoms with Crippen molar-refractivity contribution in [3.63, 3.8) is 0 Å². The van der Waals surface area contributed by atoms with Crippen LogP contribution in [0.5, 0.6) is 5.75 Å². The highest BCUT2D eigenvalue weighted by molar-refractivity contribution is 5.41. The molecule has 2 rings (SSSR count). The molecule has 0 spiro atoms. The highest BCUT2D eigenvalue weighted by atomic mass is 16.5. The summed E-state index contributed by atoms with van der Waals surface area (Å²) in [4.78, 5) is 0. The summed E-state index contributed by atoms with van der Waals surface area (Å²) in [6.07, 6.45) is 1.21. The topological polar surface area (TPSA) is 29.5 Å². The first-order valence-corrected chi connectivity index (χ1v) is 4.99. The van der Waals surface area contributed by atoms with Gasteiger partial charge >= 0.3 is 0 Å². The molecule has 0 saturated heterocycles. The van der Waals surface area contributed by atoms with Crippen LogP contribution in [-0.2, 0) is 12.0 Å². The Labute approximate surface area is 84.5 Å². The molecule has 0 aliphatic carbocycles. The second-order valence-corrected chi connectivity index (χ2v) is 4.51. The second kappa shape index (κ2) is 2.99. The summed E-state index contributed by atoms with van der Waals surface area (Å²) in [5.41, 5.74) is 1.40. The number of benzene rings is 1. The molecule has 0 fully saturated rings. The van der Waals surface area contributed by atoms with Crippen molar-refractivity contribution in [2.45, 2.75) is 38.9 Å². The Morgan fingerprint density at radius 3 is 2.79 bits per heavy atom. The molecule has 14 heavy (non-hydrogen) atoms. The highest BCUT2D eigenvalue weighted by Gasteiger charge is 2.22. The summed E-state index contributed by atoms with van der Waals surface area (Å²) < 4.78 is 5.59. The smallest absolute Gasteiger partial charge is 0.123 e. The third kappa shape index (κ3) is 1.62. The molecule has 1 atom stereocenters. The number of hydrogen-bond donors (Lipinski definition) is 1. The Hall–Kier alpha value is -1.02. The fourth-order valence-electron chi connectivity index (χ4n) is 1.80. The maximum absolute atomic E-state index is 9.85. The van der Waals surface area contributed by atoms with E-state index >= 15 is 0 Å². The molecule has 1 heterocycles. The Morgan fingerprint density at radius 2 is 2.14 bits per heavy atom. The van der Waals surface area contributed by atoms with Gasteiger partial charge in [-0.3, -0.25) is 0 Å². The Bertz CT molecular complexity index is 350. The van der Waals surface area contributed by atoms with Crippen LogP contribution in [0, 0.1) is 0 Å². The monoisotopic (exact) mass is 192 g/mol. The first-order valence-electron chi connectivity index (χ1n) is 4.99. The summed E-state index contributed by atoms with van der Waals surface area (Å²) in [5.74, 6) is 0.963. The van der Waals surface area contributed by atoms with Gasteiger partial charge in [0, 0.05) is 6.42 Å². The molecule has 1 unspecified atom stereocenters. The van der Waals surface area contributed by atoms with Crippen LogP contribution in [0.3, 0.4) is 0 Å². The van der Waals surface area contributed by atoms with Crippen LogP contribution < -0.4 is 4.74 Å². The van der Waals surface area contributed by atoms with Crippen LogP contribution in [0.15, 0.2) is 18.2 Å². The molecule has 2 nitrogen and oxygen atoms in total. The summed E-state index contributed by atoms with van der Waals surface area (Å²) in [6.45, 7) is 5.66. The minimum Gasteiger partial charge on any atom is -0.490 e. The molecular formula is C12H16O2. The minimum absolute atomic E-state index is 0.266. The van der Waals surface area contributed by atoms with Gasteiger partial charge in [0.1, 0.15) is 11.9 Å². The van der Waals surface area contributed by atoms with E-state index in [1.807, 2.05) is 18.2 Å². The van der Waals surface area contributed by atoms with Crippen LogP contribution in [-0.4, -0.2) is 11.2 Å². The van der Waals surface area contributed by atoms with Gasteiger partial charge in [-0.1, -0.05) is 6.07 Å². The van der Waals surface area contributed by atoms with Gasteiger partial charge in [-0.25, -0.2) is 0 Å². The van der Waals surface area contributed by atoms with Crippen molar-refractivity contribution in [2.24, 2.45) is 0 Å². The van der Waals surface area contributed by atoms with Crippen LogP contribution in [0.1, 0.15) is 31.9 Å². The van der Waals surface area contributed by atoms with Gasteiger partial charge in [0.05, 0.1) is 5.60 Å². The van der Waals surface area contributed by atoms with Crippen LogP contribution in [0.25, 0.3) is 0 Å². The van der Waals surface area contributed by atoms with Gasteiger partial charge in [-0.05, 0) is 44.0 Å². The zero-order valence-electron chi connectivity index (χ0n) is 8.87. The van der Waals surface area contributed by atoms with Crippen molar-refractivity contribution in [1.82, 2.24) is 0 Å². The lowest BCUT2D eigenvalue weighted by molar-refractivity contribution is 0.0785. The second-order valence-electron chi connectivity index (χ2n) is 4.51. The van der Waals surface area contributed by atoms with E-state index in [4.69, 9.17) is 4.74 Å². The molecule has 0 bridgehead atoms. The van der Waals surface area contributed by atoms with E-state index in [1.165, 1.54) is 5.56 Å². The first-order chi connectivity index (χ1) is 6.47. The number of hydrogen-bond acceptors (Lipinski definition) is 2. The highest BCUT2D eigenvalue weighted by Crippen LogP contribution is 2.32. The van der Waals surface area contributed by atoms with Crippen LogP contribution in [0.4, 0.5) is 0 Å². The minimum atomic E-state index is -0.763. The molecule has 1 aromatic carbocycles. The van der Waals surface area contributed by atoms with Gasteiger partial charge < -0.3 is 9.84 Å². The van der Waals surface area contributed by atoms with Crippen molar-refractivity contribution in [2.75, 3.05) is 0 Å². The third-order valence-electron chi connectivity index (χ3n) is 2.60. The Morgan fingerprint density at radius 1 is 1.43 bits per heavy atom. The number of ether oxygens (including phenoxy) is 1. The van der Waals surface area contributed by atoms with Crippen molar-refractivity contribution in [3.05, 3.63) is 29.3 Å². The lowest BCUT2D eigenvalue weighted by atomic mass is 9.95. The first kappa shape index (κ1) is 9.53. The van der Waals surface area contributed by atoms with E-state index in [0.717, 1.165) is 17.7 Å². The van der Waals surface area contributed by atoms with Gasteiger partial charge in [0.2, 0.25) is 0 Å². The fraction of sp³-hybridized carbons (Fsp3) is 0.500. The van der Waals surface area contributed by atoms with Gasteiger partial charge in [-0.2, -0.15) is 0 Å². The zero-order chi connectivity index (χ0) is 10.3. The fourth-order valence-corrected chi connectivity index (χ4v) is 1.80. The van der Waals surface area contributed by atoms with Gasteiger partial charge in [0.15, 0.2) is 0 Å². The largest absolute Gasteiger partial charge is 0.490 e. The molecular weight excluding hydrogens is 176 g/mol. The van der Waals surface area contributed by atoms with E-state index in [0.29, 0.717) is 0 Å². The Balaban J connectivity index is 2.38. The average Bonchev–Trinajstić information content (AvgIpc) is 2.41. The van der Waals surface area contributed by atoms with Crippen molar-refractivity contribution in [1.29, 1.82) is 0 Å². The van der Waals surface area contributed by atoms with E-state index in [9.17, 15) is 5.11 Å². The zero-order valence-corrected chi connectivity index (χ0v) is 8.87. The lowest BCUT2D eigenvalue weighted by Crippen LogP contribution is -2.15. The lowest BCUT2D eigenvalue weighted by Gasteiger charge is -2.18. The van der Waals surface area contributed by atoms with E-state index in [-0.39, 0.29) is 6.10 Å². The van der Waals surface area contributed by atoms with E-state index in [2.05, 4.69) is 6.92 Å². The quantitative estimate of drug-likeness (QED) is 0.739. The van der Waals surface area contributed by atoms with E-state index in [1.54, 1.807) is 13.8 Å². The number of aliphatic hydroxyl groups is 1. The molecule has 0 amide bonds. The molecule has 76 valence electrons. The maximum Gasteiger partial charge on any atom is 0.123 e. The summed E-state index contributed by atoms with van der Waals surface area (Å²) in [6, 6.07) is 5.92. The number of rotatable bonds is 1. The SMILES string of the molecule is CC1Cc2cc(C(C)(C)O)ccc2O1. The van der Waals surface area contributed by atoms with Crippen molar-refractivity contribution in [3.8, 4) is 5.75 Å². The predicted octanol–water partition coefficient (Wildman–Crippen LogP) is 2.24. The molecule has 1 aliphatic heterocycles. The molecule has 0 radical (unpaired) electrons. The molecule has 0 aromatic heterocycles. The maximum atomic E-state index is 9.85. The van der Waals surface area contributed by atoms with Crippen molar-refractivity contribution >= 4 is 0 Å². The van der Waals surface area contributed by atoms with Crippen LogP contribution >= 0.6 is 0 Å². The molecule has 0 saturated carbocycles. The molecule has 1 N–H and O–H groups in total. The molecule has 2 heteroatoms. The molecule has 1 aromatic rings. The standard InChI is InChI=1S/C12H16O2/c1-8-6-9-7-10(12(2,3)13)4-5-11(9)14-8/h4-5,7-8,13H,6H2,1-3H3. The summed E-state index contributed by atoms with van der Waals surface area (Å²) in [7, 11) is 0. The van der Waals surface area contributed by atoms with Gasteiger partial charge in [-0.15, -0.1) is 0 Å². The van der Waals surface area contributed by atoms with Crippen LogP contribution in [0.2, 0.25) is 0 Å². The summed E-state index contributed by atoms with van der Waals surface area (Å²) >= 11 is 0. The Kier molecular flexibility index (Phi) is 2.04. The third-order valence-corrected chi connectivity index (χ3v) is 2.60.